The lowest BCUT2D eigenvalue weighted by atomic mass is 10.1. The highest BCUT2D eigenvalue weighted by Gasteiger charge is 2.23. The van der Waals surface area contributed by atoms with Crippen LogP contribution >= 0.6 is 0 Å². The molecule has 0 fully saturated rings. The molecule has 3 aromatic carbocycles. The van der Waals surface area contributed by atoms with E-state index in [1.54, 1.807) is 18.0 Å². The third-order valence-electron chi connectivity index (χ3n) is 4.90. The van der Waals surface area contributed by atoms with Crippen LogP contribution < -0.4 is 9.46 Å². The molecule has 1 N–H and O–H groups in total. The Bertz CT molecular complexity index is 1240. The van der Waals surface area contributed by atoms with Gasteiger partial charge in [-0.25, -0.2) is 17.8 Å². The third kappa shape index (κ3) is 4.84. The Morgan fingerprint density at radius 1 is 0.903 bits per heavy atom. The van der Waals surface area contributed by atoms with Gasteiger partial charge in [-0.2, -0.15) is 5.10 Å². The van der Waals surface area contributed by atoms with E-state index in [9.17, 15) is 8.42 Å². The number of nitrogens with one attached hydrogen (secondary N) is 1. The zero-order valence-electron chi connectivity index (χ0n) is 17.1. The van der Waals surface area contributed by atoms with Gasteiger partial charge in [0.25, 0.3) is 0 Å². The summed E-state index contributed by atoms with van der Waals surface area (Å²) in [5.74, 6) is 0.769. The smallest absolute Gasteiger partial charge is 0.244 e. The molecule has 31 heavy (non-hydrogen) atoms. The molecule has 0 spiro atoms. The van der Waals surface area contributed by atoms with Gasteiger partial charge >= 0.3 is 0 Å². The van der Waals surface area contributed by atoms with Crippen LogP contribution in [-0.4, -0.2) is 31.9 Å². The number of hydrogen-bond donors (Lipinski definition) is 1. The van der Waals surface area contributed by atoms with E-state index in [1.807, 2.05) is 84.9 Å². The quantitative estimate of drug-likeness (QED) is 0.455. The lowest BCUT2D eigenvalue weighted by Crippen LogP contribution is -2.26. The lowest BCUT2D eigenvalue weighted by molar-refractivity contribution is 0.414. The highest BCUT2D eigenvalue weighted by Crippen LogP contribution is 2.27. The summed E-state index contributed by atoms with van der Waals surface area (Å²) in [4.78, 5) is 0.150. The molecule has 1 heterocycles. The first kappa shape index (κ1) is 20.8. The molecule has 6 nitrogen and oxygen atoms in total. The van der Waals surface area contributed by atoms with E-state index in [-0.39, 0.29) is 11.4 Å². The van der Waals surface area contributed by atoms with E-state index < -0.39 is 10.0 Å². The van der Waals surface area contributed by atoms with Crippen LogP contribution in [0.2, 0.25) is 0 Å². The monoisotopic (exact) mass is 433 g/mol. The number of nitrogens with zero attached hydrogens (tertiary/aromatic N) is 2. The fourth-order valence-corrected chi connectivity index (χ4v) is 4.44. The molecule has 4 rings (SSSR count). The Hall–Kier alpha value is -3.42. The predicted molar refractivity (Wildman–Crippen MR) is 121 cm³/mol. The van der Waals surface area contributed by atoms with Gasteiger partial charge in [0, 0.05) is 12.1 Å². The molecule has 0 aliphatic heterocycles. The molecule has 0 aliphatic rings. The second kappa shape index (κ2) is 9.16. The van der Waals surface area contributed by atoms with Gasteiger partial charge in [-0.15, -0.1) is 0 Å². The molecule has 0 aliphatic carbocycles. The molecule has 0 saturated heterocycles. The van der Waals surface area contributed by atoms with Crippen molar-refractivity contribution in [2.24, 2.45) is 0 Å². The van der Waals surface area contributed by atoms with Gasteiger partial charge in [0.1, 0.15) is 16.3 Å². The maximum absolute atomic E-state index is 13.2. The van der Waals surface area contributed by atoms with Crippen LogP contribution in [0.15, 0.2) is 96.0 Å². The molecule has 0 unspecified atom stereocenters. The van der Waals surface area contributed by atoms with E-state index in [0.717, 1.165) is 22.6 Å². The van der Waals surface area contributed by atoms with Crippen molar-refractivity contribution in [3.63, 3.8) is 0 Å². The van der Waals surface area contributed by atoms with Crippen LogP contribution in [0.4, 0.5) is 0 Å². The van der Waals surface area contributed by atoms with Crippen molar-refractivity contribution >= 4 is 10.0 Å². The van der Waals surface area contributed by atoms with E-state index in [4.69, 9.17) is 4.74 Å². The van der Waals surface area contributed by atoms with Gasteiger partial charge in [-0.1, -0.05) is 60.7 Å². The number of para-hydroxylation sites is 1. The molecular formula is C24H23N3O3S. The normalized spacial score (nSPS) is 11.4. The van der Waals surface area contributed by atoms with Crippen molar-refractivity contribution in [1.82, 2.24) is 14.5 Å². The number of ether oxygens (including phenoxy) is 1. The fourth-order valence-electron chi connectivity index (χ4n) is 3.26. The number of sulfonamides is 1. The van der Waals surface area contributed by atoms with Crippen LogP contribution in [0.5, 0.6) is 5.75 Å². The van der Waals surface area contributed by atoms with Crippen LogP contribution in [0.3, 0.4) is 0 Å². The summed E-state index contributed by atoms with van der Waals surface area (Å²) in [5.41, 5.74) is 2.97. The molecule has 4 aromatic rings. The highest BCUT2D eigenvalue weighted by molar-refractivity contribution is 7.89. The van der Waals surface area contributed by atoms with E-state index in [1.165, 1.54) is 0 Å². The summed E-state index contributed by atoms with van der Waals surface area (Å²) in [5, 5.41) is 4.59. The Morgan fingerprint density at radius 2 is 1.55 bits per heavy atom. The Labute approximate surface area is 182 Å². The van der Waals surface area contributed by atoms with Crippen LogP contribution in [0.1, 0.15) is 5.56 Å². The Morgan fingerprint density at radius 3 is 2.19 bits per heavy atom. The predicted octanol–water partition coefficient (Wildman–Crippen LogP) is 4.07. The highest BCUT2D eigenvalue weighted by atomic mass is 32.2. The standard InChI is InChI=1S/C24H23N3O3S/c1-30-22-14-12-19(13-15-22)16-17-25-31(28,29)23-18-27(21-10-6-3-7-11-21)26-24(23)20-8-4-2-5-9-20/h2-15,18,25H,16-17H2,1H3. The van der Waals surface area contributed by atoms with Gasteiger partial charge in [0.2, 0.25) is 10.0 Å². The van der Waals surface area contributed by atoms with Gasteiger partial charge in [-0.3, -0.25) is 0 Å². The topological polar surface area (TPSA) is 73.2 Å². The second-order valence-electron chi connectivity index (χ2n) is 6.98. The minimum atomic E-state index is -3.77. The molecule has 0 saturated carbocycles. The van der Waals surface area contributed by atoms with Crippen molar-refractivity contribution in [1.29, 1.82) is 0 Å². The first-order chi connectivity index (χ1) is 15.1. The first-order valence-corrected chi connectivity index (χ1v) is 11.4. The number of hydrogen-bond acceptors (Lipinski definition) is 4. The maximum atomic E-state index is 13.2. The zero-order valence-corrected chi connectivity index (χ0v) is 17.9. The molecule has 0 radical (unpaired) electrons. The first-order valence-electron chi connectivity index (χ1n) is 9.90. The summed E-state index contributed by atoms with van der Waals surface area (Å²) in [6.45, 7) is 0.277. The van der Waals surface area contributed by atoms with Crippen LogP contribution in [0.25, 0.3) is 16.9 Å². The number of aromatic nitrogens is 2. The molecule has 7 heteroatoms. The van der Waals surface area contributed by atoms with Gasteiger partial charge in [0.15, 0.2) is 0 Å². The lowest BCUT2D eigenvalue weighted by Gasteiger charge is -2.07. The maximum Gasteiger partial charge on any atom is 0.244 e. The number of benzene rings is 3. The largest absolute Gasteiger partial charge is 0.497 e. The number of methoxy groups -OCH3 is 1. The van der Waals surface area contributed by atoms with E-state index in [2.05, 4.69) is 9.82 Å². The molecule has 1 aromatic heterocycles. The van der Waals surface area contributed by atoms with Crippen molar-refractivity contribution < 1.29 is 13.2 Å². The summed E-state index contributed by atoms with van der Waals surface area (Å²) >= 11 is 0. The second-order valence-corrected chi connectivity index (χ2v) is 8.72. The molecule has 158 valence electrons. The SMILES string of the molecule is COc1ccc(CCNS(=O)(=O)c2cn(-c3ccccc3)nc2-c2ccccc2)cc1. The van der Waals surface area contributed by atoms with Crippen molar-refractivity contribution in [2.75, 3.05) is 13.7 Å². The fraction of sp³-hybridized carbons (Fsp3) is 0.125. The minimum absolute atomic E-state index is 0.150. The average Bonchev–Trinajstić information content (AvgIpc) is 3.27. The third-order valence-corrected chi connectivity index (χ3v) is 6.36. The minimum Gasteiger partial charge on any atom is -0.497 e. The van der Waals surface area contributed by atoms with Gasteiger partial charge < -0.3 is 4.74 Å². The van der Waals surface area contributed by atoms with Crippen molar-refractivity contribution in [3.05, 3.63) is 96.7 Å². The Balaban J connectivity index is 1.60. The van der Waals surface area contributed by atoms with Crippen molar-refractivity contribution in [3.8, 4) is 22.7 Å². The average molecular weight is 434 g/mol. The van der Waals surface area contributed by atoms with E-state index >= 15 is 0 Å². The van der Waals surface area contributed by atoms with Crippen molar-refractivity contribution in [2.45, 2.75) is 11.3 Å². The van der Waals surface area contributed by atoms with Gasteiger partial charge in [-0.05, 0) is 36.2 Å². The molecular weight excluding hydrogens is 410 g/mol. The molecule has 0 atom stereocenters. The molecule has 0 bridgehead atoms. The van der Waals surface area contributed by atoms with Gasteiger partial charge in [0.05, 0.1) is 19.0 Å². The van der Waals surface area contributed by atoms with E-state index in [0.29, 0.717) is 12.1 Å². The summed E-state index contributed by atoms with van der Waals surface area (Å²) < 4.78 is 35.8. The number of rotatable bonds is 8. The summed E-state index contributed by atoms with van der Waals surface area (Å²) in [6, 6.07) is 26.4. The Kier molecular flexibility index (Phi) is 6.16. The summed E-state index contributed by atoms with van der Waals surface area (Å²) in [6.07, 6.45) is 2.13. The zero-order chi connectivity index (χ0) is 21.7. The van der Waals surface area contributed by atoms with Crippen LogP contribution in [-0.2, 0) is 16.4 Å². The molecule has 0 amide bonds. The van der Waals surface area contributed by atoms with Crippen LogP contribution in [0, 0.1) is 0 Å². The summed E-state index contributed by atoms with van der Waals surface area (Å²) in [7, 11) is -2.15.